The molecule has 1 rings (SSSR count). The lowest BCUT2D eigenvalue weighted by atomic mass is 9.82. The number of benzene rings is 1. The molecule has 0 radical (unpaired) electrons. The molecule has 0 aliphatic carbocycles. The molecule has 1 aromatic rings. The van der Waals surface area contributed by atoms with E-state index in [-0.39, 0.29) is 17.0 Å². The molecule has 0 fully saturated rings. The predicted octanol–water partition coefficient (Wildman–Crippen LogP) is 4.48. The van der Waals surface area contributed by atoms with Gasteiger partial charge in [-0.25, -0.2) is 4.79 Å². The van der Waals surface area contributed by atoms with Gasteiger partial charge in [0.1, 0.15) is 0 Å². The molecule has 3 nitrogen and oxygen atoms in total. The Bertz CT molecular complexity index is 510. The standard InChI is InChI=1S/C18H28N2O/c1-14-8-7-9-15(12-14)10-11-19-16(21)20-18(5,6)13-17(2,3)4/h7-12H,13H2,1-6H3,(H2,19,20,21)/b11-10+. The third-order valence-electron chi connectivity index (χ3n) is 2.96. The number of hydrogen-bond donors (Lipinski definition) is 2. The number of aryl methyl sites for hydroxylation is 1. The summed E-state index contributed by atoms with van der Waals surface area (Å²) < 4.78 is 0. The summed E-state index contributed by atoms with van der Waals surface area (Å²) in [6.45, 7) is 12.7. The van der Waals surface area contributed by atoms with E-state index >= 15 is 0 Å². The van der Waals surface area contributed by atoms with E-state index in [1.807, 2.05) is 45.0 Å². The van der Waals surface area contributed by atoms with Crippen molar-refractivity contribution in [2.75, 3.05) is 0 Å². The highest BCUT2D eigenvalue weighted by Gasteiger charge is 2.26. The van der Waals surface area contributed by atoms with Crippen molar-refractivity contribution in [3.8, 4) is 0 Å². The number of carbonyl (C=O) groups is 1. The molecule has 0 aliphatic heterocycles. The van der Waals surface area contributed by atoms with Crippen molar-refractivity contribution < 1.29 is 4.79 Å². The van der Waals surface area contributed by atoms with Crippen LogP contribution in [-0.2, 0) is 0 Å². The smallest absolute Gasteiger partial charge is 0.319 e. The molecule has 21 heavy (non-hydrogen) atoms. The van der Waals surface area contributed by atoms with E-state index in [4.69, 9.17) is 0 Å². The Kier molecular flexibility index (Phi) is 5.59. The van der Waals surface area contributed by atoms with Gasteiger partial charge >= 0.3 is 6.03 Å². The van der Waals surface area contributed by atoms with Crippen LogP contribution in [0.4, 0.5) is 4.79 Å². The molecule has 0 heterocycles. The minimum absolute atomic E-state index is 0.173. The second-order valence-electron chi connectivity index (χ2n) is 7.47. The van der Waals surface area contributed by atoms with Gasteiger partial charge in [0.2, 0.25) is 0 Å². The third kappa shape index (κ3) is 7.54. The number of nitrogens with one attached hydrogen (secondary N) is 2. The molecule has 2 N–H and O–H groups in total. The minimum Gasteiger partial charge on any atom is -0.333 e. The lowest BCUT2D eigenvalue weighted by Crippen LogP contribution is -2.48. The Labute approximate surface area is 128 Å². The lowest BCUT2D eigenvalue weighted by molar-refractivity contribution is 0.213. The normalized spacial score (nSPS) is 12.5. The average Bonchev–Trinajstić information content (AvgIpc) is 2.24. The average molecular weight is 288 g/mol. The Morgan fingerprint density at radius 3 is 2.43 bits per heavy atom. The van der Waals surface area contributed by atoms with E-state index in [1.54, 1.807) is 6.20 Å². The van der Waals surface area contributed by atoms with Gasteiger partial charge in [-0.1, -0.05) is 50.6 Å². The van der Waals surface area contributed by atoms with E-state index < -0.39 is 0 Å². The summed E-state index contributed by atoms with van der Waals surface area (Å²) in [5.74, 6) is 0. The molecule has 0 aliphatic rings. The molecule has 116 valence electrons. The molecule has 0 spiro atoms. The first-order valence-corrected chi connectivity index (χ1v) is 7.39. The zero-order chi connectivity index (χ0) is 16.1. The second-order valence-corrected chi connectivity index (χ2v) is 7.47. The quantitative estimate of drug-likeness (QED) is 0.842. The predicted molar refractivity (Wildman–Crippen MR) is 90.0 cm³/mol. The largest absolute Gasteiger partial charge is 0.333 e. The Hall–Kier alpha value is -1.77. The fraction of sp³-hybridized carbons (Fsp3) is 0.500. The van der Waals surface area contributed by atoms with Gasteiger partial charge in [-0.2, -0.15) is 0 Å². The van der Waals surface area contributed by atoms with Gasteiger partial charge < -0.3 is 10.6 Å². The van der Waals surface area contributed by atoms with Crippen LogP contribution in [0.5, 0.6) is 0 Å². The number of hydrogen-bond acceptors (Lipinski definition) is 1. The molecule has 1 aromatic carbocycles. The van der Waals surface area contributed by atoms with Crippen LogP contribution in [-0.4, -0.2) is 11.6 Å². The van der Waals surface area contributed by atoms with Crippen LogP contribution in [0.2, 0.25) is 0 Å². The zero-order valence-corrected chi connectivity index (χ0v) is 14.1. The van der Waals surface area contributed by atoms with E-state index in [0.717, 1.165) is 12.0 Å². The van der Waals surface area contributed by atoms with Gasteiger partial charge in [0.25, 0.3) is 0 Å². The molecule has 0 unspecified atom stereocenters. The van der Waals surface area contributed by atoms with Crippen LogP contribution in [0.15, 0.2) is 30.5 Å². The maximum absolute atomic E-state index is 11.9. The highest BCUT2D eigenvalue weighted by atomic mass is 16.2. The van der Waals surface area contributed by atoms with Gasteiger partial charge in [0.05, 0.1) is 0 Å². The highest BCUT2D eigenvalue weighted by molar-refractivity contribution is 5.76. The van der Waals surface area contributed by atoms with E-state index in [0.29, 0.717) is 0 Å². The van der Waals surface area contributed by atoms with E-state index in [1.165, 1.54) is 5.56 Å². The molecule has 0 atom stereocenters. The zero-order valence-electron chi connectivity index (χ0n) is 14.1. The number of amides is 2. The summed E-state index contributed by atoms with van der Waals surface area (Å²) in [5.41, 5.74) is 2.21. The van der Waals surface area contributed by atoms with E-state index in [2.05, 4.69) is 37.5 Å². The van der Waals surface area contributed by atoms with Gasteiger partial charge in [-0.05, 0) is 44.2 Å². The van der Waals surface area contributed by atoms with Crippen molar-refractivity contribution in [1.82, 2.24) is 10.6 Å². The van der Waals surface area contributed by atoms with Crippen molar-refractivity contribution in [2.24, 2.45) is 5.41 Å². The van der Waals surface area contributed by atoms with Crippen molar-refractivity contribution in [3.05, 3.63) is 41.6 Å². The van der Waals surface area contributed by atoms with Crippen molar-refractivity contribution in [3.63, 3.8) is 0 Å². The molecular weight excluding hydrogens is 260 g/mol. The summed E-state index contributed by atoms with van der Waals surface area (Å²) in [7, 11) is 0. The Morgan fingerprint density at radius 1 is 1.19 bits per heavy atom. The van der Waals surface area contributed by atoms with Crippen molar-refractivity contribution in [1.29, 1.82) is 0 Å². The van der Waals surface area contributed by atoms with Crippen LogP contribution in [0.25, 0.3) is 6.08 Å². The topological polar surface area (TPSA) is 41.1 Å². The van der Waals surface area contributed by atoms with Crippen LogP contribution >= 0.6 is 0 Å². The molecular formula is C18H28N2O. The molecule has 3 heteroatoms. The monoisotopic (exact) mass is 288 g/mol. The van der Waals surface area contributed by atoms with Crippen LogP contribution in [0, 0.1) is 12.3 Å². The maximum atomic E-state index is 11.9. The molecule has 0 bridgehead atoms. The summed E-state index contributed by atoms with van der Waals surface area (Å²) >= 11 is 0. The number of urea groups is 1. The van der Waals surface area contributed by atoms with Crippen molar-refractivity contribution in [2.45, 2.75) is 53.5 Å². The Morgan fingerprint density at radius 2 is 1.86 bits per heavy atom. The molecule has 0 aromatic heterocycles. The molecule has 2 amide bonds. The number of carbonyl (C=O) groups excluding carboxylic acids is 1. The fourth-order valence-corrected chi connectivity index (χ4v) is 2.70. The Balaban J connectivity index is 2.51. The molecule has 0 saturated heterocycles. The summed E-state index contributed by atoms with van der Waals surface area (Å²) in [4.78, 5) is 11.9. The first-order chi connectivity index (χ1) is 9.57. The van der Waals surface area contributed by atoms with Gasteiger partial charge in [-0.3, -0.25) is 0 Å². The van der Waals surface area contributed by atoms with E-state index in [9.17, 15) is 4.79 Å². The van der Waals surface area contributed by atoms with Gasteiger partial charge in [-0.15, -0.1) is 0 Å². The van der Waals surface area contributed by atoms with Gasteiger partial charge in [0, 0.05) is 11.7 Å². The fourth-order valence-electron chi connectivity index (χ4n) is 2.70. The maximum Gasteiger partial charge on any atom is 0.319 e. The van der Waals surface area contributed by atoms with Crippen LogP contribution in [0.1, 0.15) is 52.2 Å². The highest BCUT2D eigenvalue weighted by Crippen LogP contribution is 2.26. The first kappa shape index (κ1) is 17.3. The minimum atomic E-state index is -0.237. The van der Waals surface area contributed by atoms with Gasteiger partial charge in [0.15, 0.2) is 0 Å². The third-order valence-corrected chi connectivity index (χ3v) is 2.96. The lowest BCUT2D eigenvalue weighted by Gasteiger charge is -2.33. The first-order valence-electron chi connectivity index (χ1n) is 7.39. The van der Waals surface area contributed by atoms with Crippen LogP contribution < -0.4 is 10.6 Å². The molecule has 0 saturated carbocycles. The second kappa shape index (κ2) is 6.79. The summed E-state index contributed by atoms with van der Waals surface area (Å²) in [5, 5.41) is 5.77. The number of rotatable bonds is 4. The van der Waals surface area contributed by atoms with Crippen LogP contribution in [0.3, 0.4) is 0 Å². The summed E-state index contributed by atoms with van der Waals surface area (Å²) in [6, 6.07) is 7.95. The SMILES string of the molecule is Cc1cccc(/C=C/NC(=O)NC(C)(C)CC(C)(C)C)c1. The van der Waals surface area contributed by atoms with Crippen molar-refractivity contribution >= 4 is 12.1 Å². The summed E-state index contributed by atoms with van der Waals surface area (Å²) in [6.07, 6.45) is 4.48.